The first-order valence-corrected chi connectivity index (χ1v) is 9.11. The number of piperidine rings is 1. The molecule has 9 heteroatoms. The average molecular weight is 408 g/mol. The zero-order chi connectivity index (χ0) is 20.3. The summed E-state index contributed by atoms with van der Waals surface area (Å²) in [5.41, 5.74) is 0.131. The van der Waals surface area contributed by atoms with E-state index in [0.29, 0.717) is 25.3 Å². The molecule has 2 atom stereocenters. The molecule has 1 aliphatic heterocycles. The Morgan fingerprint density at radius 1 is 1.36 bits per heavy atom. The van der Waals surface area contributed by atoms with Gasteiger partial charge >= 0.3 is 6.09 Å². The standard InChI is InChI=1S/C19H19ClFN3O4/c1-11-9-13(7-8-24(11)19(26)27)28-17-4-2-3-16(22-17)23-18(25)14-6-5-12(21)10-15(14)20/h2-6,10-11,13H,7-9H2,1H3,(H,26,27)(H,22,23,25). The lowest BCUT2D eigenvalue weighted by atomic mass is 10.0. The third kappa shape index (κ3) is 4.69. The van der Waals surface area contributed by atoms with Crippen molar-refractivity contribution in [3.8, 4) is 5.88 Å². The van der Waals surface area contributed by atoms with Gasteiger partial charge in [-0.3, -0.25) is 4.79 Å². The minimum absolute atomic E-state index is 0.00378. The molecule has 2 unspecified atom stereocenters. The Hall–Kier alpha value is -2.87. The molecule has 0 spiro atoms. The molecule has 1 fully saturated rings. The summed E-state index contributed by atoms with van der Waals surface area (Å²) in [5.74, 6) is -0.459. The molecule has 0 saturated carbocycles. The zero-order valence-corrected chi connectivity index (χ0v) is 15.8. The number of benzene rings is 1. The fourth-order valence-electron chi connectivity index (χ4n) is 3.10. The van der Waals surface area contributed by atoms with Crippen LogP contribution in [0.1, 0.15) is 30.1 Å². The lowest BCUT2D eigenvalue weighted by molar-refractivity contribution is 0.0585. The average Bonchev–Trinajstić information content (AvgIpc) is 2.61. The van der Waals surface area contributed by atoms with Crippen molar-refractivity contribution in [2.45, 2.75) is 31.9 Å². The maximum absolute atomic E-state index is 13.1. The van der Waals surface area contributed by atoms with Crippen molar-refractivity contribution >= 4 is 29.4 Å². The summed E-state index contributed by atoms with van der Waals surface area (Å²) < 4.78 is 19.0. The number of nitrogens with one attached hydrogen (secondary N) is 1. The summed E-state index contributed by atoms with van der Waals surface area (Å²) in [5, 5.41) is 11.7. The topological polar surface area (TPSA) is 91.8 Å². The van der Waals surface area contributed by atoms with Gasteiger partial charge in [-0.2, -0.15) is 4.98 Å². The third-order valence-corrected chi connectivity index (χ3v) is 4.81. The van der Waals surface area contributed by atoms with Crippen LogP contribution in [0, 0.1) is 5.82 Å². The van der Waals surface area contributed by atoms with Crippen LogP contribution in [0.2, 0.25) is 5.02 Å². The number of hydrogen-bond acceptors (Lipinski definition) is 4. The number of carboxylic acid groups (broad SMARTS) is 1. The van der Waals surface area contributed by atoms with Gasteiger partial charge in [0.25, 0.3) is 5.91 Å². The van der Waals surface area contributed by atoms with E-state index in [1.54, 1.807) is 18.2 Å². The van der Waals surface area contributed by atoms with E-state index in [4.69, 9.17) is 21.4 Å². The van der Waals surface area contributed by atoms with Gasteiger partial charge in [0.1, 0.15) is 17.7 Å². The molecule has 28 heavy (non-hydrogen) atoms. The van der Waals surface area contributed by atoms with E-state index in [0.717, 1.165) is 12.1 Å². The van der Waals surface area contributed by atoms with Crippen molar-refractivity contribution in [3.63, 3.8) is 0 Å². The summed E-state index contributed by atoms with van der Waals surface area (Å²) in [4.78, 5) is 29.1. The predicted octanol–water partition coefficient (Wildman–Crippen LogP) is 4.04. The monoisotopic (exact) mass is 407 g/mol. The number of aromatic nitrogens is 1. The van der Waals surface area contributed by atoms with Crippen molar-refractivity contribution in [1.82, 2.24) is 9.88 Å². The van der Waals surface area contributed by atoms with Crippen LogP contribution in [0.25, 0.3) is 0 Å². The molecule has 0 bridgehead atoms. The summed E-state index contributed by atoms with van der Waals surface area (Å²) in [6, 6.07) is 8.30. The molecule has 7 nitrogen and oxygen atoms in total. The first kappa shape index (κ1) is 19.9. The quantitative estimate of drug-likeness (QED) is 0.798. The van der Waals surface area contributed by atoms with Gasteiger partial charge in [-0.25, -0.2) is 9.18 Å². The normalized spacial score (nSPS) is 19.2. The minimum atomic E-state index is -0.937. The molecule has 1 saturated heterocycles. The first-order valence-electron chi connectivity index (χ1n) is 8.73. The van der Waals surface area contributed by atoms with Gasteiger partial charge in [-0.05, 0) is 31.2 Å². The number of pyridine rings is 1. The van der Waals surface area contributed by atoms with E-state index >= 15 is 0 Å². The Morgan fingerprint density at radius 3 is 2.82 bits per heavy atom. The van der Waals surface area contributed by atoms with Crippen LogP contribution in [0.4, 0.5) is 15.0 Å². The van der Waals surface area contributed by atoms with Crippen molar-refractivity contribution in [1.29, 1.82) is 0 Å². The fraction of sp³-hybridized carbons (Fsp3) is 0.316. The Kier molecular flexibility index (Phi) is 5.99. The van der Waals surface area contributed by atoms with Crippen molar-refractivity contribution < 1.29 is 23.8 Å². The molecule has 1 aromatic heterocycles. The number of halogens is 2. The van der Waals surface area contributed by atoms with Crippen LogP contribution >= 0.6 is 11.6 Å². The van der Waals surface area contributed by atoms with E-state index in [1.807, 2.05) is 6.92 Å². The minimum Gasteiger partial charge on any atom is -0.474 e. The number of carbonyl (C=O) groups is 2. The van der Waals surface area contributed by atoms with Crippen LogP contribution in [-0.4, -0.2) is 45.7 Å². The molecule has 1 aliphatic rings. The number of ether oxygens (including phenoxy) is 1. The number of nitrogens with zero attached hydrogens (tertiary/aromatic N) is 2. The Labute approximate surface area is 166 Å². The molecule has 3 rings (SSSR count). The molecule has 1 aromatic carbocycles. The molecule has 2 aromatic rings. The van der Waals surface area contributed by atoms with Gasteiger partial charge in [0.05, 0.1) is 10.6 Å². The SMILES string of the molecule is CC1CC(Oc2cccc(NC(=O)c3ccc(F)cc3Cl)n2)CCN1C(=O)O. The van der Waals surface area contributed by atoms with Gasteiger partial charge in [0.15, 0.2) is 0 Å². The number of likely N-dealkylation sites (tertiary alicyclic amines) is 1. The molecule has 2 heterocycles. The zero-order valence-electron chi connectivity index (χ0n) is 15.1. The maximum atomic E-state index is 13.1. The first-order chi connectivity index (χ1) is 13.3. The lowest BCUT2D eigenvalue weighted by Gasteiger charge is -2.35. The molecule has 0 aliphatic carbocycles. The maximum Gasteiger partial charge on any atom is 0.407 e. The number of rotatable bonds is 4. The van der Waals surface area contributed by atoms with Crippen molar-refractivity contribution in [3.05, 3.63) is 52.8 Å². The molecular weight excluding hydrogens is 389 g/mol. The third-order valence-electron chi connectivity index (χ3n) is 4.50. The van der Waals surface area contributed by atoms with Crippen molar-refractivity contribution in [2.24, 2.45) is 0 Å². The van der Waals surface area contributed by atoms with Gasteiger partial charge in [0, 0.05) is 31.5 Å². The molecule has 148 valence electrons. The summed E-state index contributed by atoms with van der Waals surface area (Å²) in [6.45, 7) is 2.22. The van der Waals surface area contributed by atoms with Crippen molar-refractivity contribution in [2.75, 3.05) is 11.9 Å². The lowest BCUT2D eigenvalue weighted by Crippen LogP contribution is -2.46. The smallest absolute Gasteiger partial charge is 0.407 e. The summed E-state index contributed by atoms with van der Waals surface area (Å²) in [7, 11) is 0. The molecular formula is C19H19ClFN3O4. The second kappa shape index (κ2) is 8.43. The van der Waals surface area contributed by atoms with Crippen LogP contribution in [0.15, 0.2) is 36.4 Å². The number of carbonyl (C=O) groups excluding carboxylic acids is 1. The highest BCUT2D eigenvalue weighted by atomic mass is 35.5. The Bertz CT molecular complexity index is 895. The van der Waals surface area contributed by atoms with Gasteiger partial charge in [-0.15, -0.1) is 0 Å². The fourth-order valence-corrected chi connectivity index (χ4v) is 3.35. The van der Waals surface area contributed by atoms with Crippen LogP contribution in [-0.2, 0) is 0 Å². The van der Waals surface area contributed by atoms with Crippen LogP contribution in [0.5, 0.6) is 5.88 Å². The number of anilines is 1. The highest BCUT2D eigenvalue weighted by Gasteiger charge is 2.29. The van der Waals surface area contributed by atoms with Crippen LogP contribution in [0.3, 0.4) is 0 Å². The highest BCUT2D eigenvalue weighted by Crippen LogP contribution is 2.23. The van der Waals surface area contributed by atoms with E-state index in [-0.39, 0.29) is 28.5 Å². The Balaban J connectivity index is 1.64. The summed E-state index contributed by atoms with van der Waals surface area (Å²) >= 11 is 5.91. The van der Waals surface area contributed by atoms with E-state index in [9.17, 15) is 14.0 Å². The van der Waals surface area contributed by atoms with E-state index in [2.05, 4.69) is 10.3 Å². The van der Waals surface area contributed by atoms with Gasteiger partial charge in [0.2, 0.25) is 5.88 Å². The second-order valence-corrected chi connectivity index (χ2v) is 6.94. The highest BCUT2D eigenvalue weighted by molar-refractivity contribution is 6.34. The summed E-state index contributed by atoms with van der Waals surface area (Å²) in [6.07, 6.45) is -0.000569. The van der Waals surface area contributed by atoms with Gasteiger partial charge in [-0.1, -0.05) is 17.7 Å². The predicted molar refractivity (Wildman–Crippen MR) is 101 cm³/mol. The number of amides is 2. The Morgan fingerprint density at radius 2 is 2.14 bits per heavy atom. The second-order valence-electron chi connectivity index (χ2n) is 6.53. The molecule has 2 amide bonds. The number of hydrogen-bond donors (Lipinski definition) is 2. The van der Waals surface area contributed by atoms with E-state index in [1.165, 1.54) is 11.0 Å². The van der Waals surface area contributed by atoms with Gasteiger partial charge < -0.3 is 20.1 Å². The molecule has 2 N–H and O–H groups in total. The molecule has 0 radical (unpaired) electrons. The van der Waals surface area contributed by atoms with Crippen LogP contribution < -0.4 is 10.1 Å². The van der Waals surface area contributed by atoms with E-state index < -0.39 is 17.8 Å². The largest absolute Gasteiger partial charge is 0.474 e.